The highest BCUT2D eigenvalue weighted by atomic mass is 16.4. The molecular weight excluding hydrogens is 222 g/mol. The molecule has 0 unspecified atom stereocenters. The van der Waals surface area contributed by atoms with Crippen molar-refractivity contribution in [3.63, 3.8) is 0 Å². The van der Waals surface area contributed by atoms with Crippen LogP contribution in [0, 0.1) is 6.92 Å². The minimum atomic E-state index is -1.21. The molecule has 1 aromatic heterocycles. The summed E-state index contributed by atoms with van der Waals surface area (Å²) in [5.41, 5.74) is -0.835. The van der Waals surface area contributed by atoms with Gasteiger partial charge >= 0.3 is 5.97 Å². The summed E-state index contributed by atoms with van der Waals surface area (Å²) in [5.74, 6) is -0.951. The van der Waals surface area contributed by atoms with Crippen LogP contribution in [0.3, 0.4) is 0 Å². The monoisotopic (exact) mass is 239 g/mol. The summed E-state index contributed by atoms with van der Waals surface area (Å²) >= 11 is 0. The molecule has 1 amide bonds. The molecular formula is C12H17NO4. The van der Waals surface area contributed by atoms with E-state index in [0.29, 0.717) is 24.2 Å². The van der Waals surface area contributed by atoms with Crippen LogP contribution in [0.25, 0.3) is 0 Å². The van der Waals surface area contributed by atoms with E-state index in [0.717, 1.165) is 0 Å². The van der Waals surface area contributed by atoms with Crippen molar-refractivity contribution in [3.8, 4) is 0 Å². The van der Waals surface area contributed by atoms with Crippen molar-refractivity contribution in [2.24, 2.45) is 0 Å². The highest BCUT2D eigenvalue weighted by Gasteiger charge is 2.37. The summed E-state index contributed by atoms with van der Waals surface area (Å²) in [6.45, 7) is 5.13. The van der Waals surface area contributed by atoms with Crippen LogP contribution in [0.5, 0.6) is 0 Å². The fraction of sp³-hybridized carbons (Fsp3) is 0.500. The van der Waals surface area contributed by atoms with E-state index in [1.807, 2.05) is 0 Å². The predicted octanol–water partition coefficient (Wildman–Crippen LogP) is 1.96. The Balaban J connectivity index is 2.93. The lowest BCUT2D eigenvalue weighted by molar-refractivity contribution is -0.144. The molecule has 0 aromatic carbocycles. The lowest BCUT2D eigenvalue weighted by Crippen LogP contribution is -2.53. The quantitative estimate of drug-likeness (QED) is 0.823. The number of carboxylic acids is 1. The molecule has 0 saturated heterocycles. The molecule has 0 aliphatic carbocycles. The first-order chi connectivity index (χ1) is 7.96. The maximum Gasteiger partial charge on any atom is 0.329 e. The zero-order chi connectivity index (χ0) is 13.1. The first kappa shape index (κ1) is 13.3. The van der Waals surface area contributed by atoms with E-state index in [2.05, 4.69) is 5.32 Å². The predicted molar refractivity (Wildman–Crippen MR) is 61.9 cm³/mol. The molecule has 0 atom stereocenters. The largest absolute Gasteiger partial charge is 0.480 e. The summed E-state index contributed by atoms with van der Waals surface area (Å²) in [4.78, 5) is 23.2. The second-order valence-corrected chi connectivity index (χ2v) is 3.94. The highest BCUT2D eigenvalue weighted by molar-refractivity contribution is 5.98. The molecule has 1 rings (SSSR count). The van der Waals surface area contributed by atoms with Crippen molar-refractivity contribution in [2.45, 2.75) is 39.2 Å². The Kier molecular flexibility index (Phi) is 3.93. The van der Waals surface area contributed by atoms with Crippen LogP contribution in [0.4, 0.5) is 0 Å². The molecule has 2 N–H and O–H groups in total. The van der Waals surface area contributed by atoms with Crippen LogP contribution >= 0.6 is 0 Å². The van der Waals surface area contributed by atoms with Crippen molar-refractivity contribution in [2.75, 3.05) is 0 Å². The molecule has 5 nitrogen and oxygen atoms in total. The topological polar surface area (TPSA) is 79.5 Å². The smallest absolute Gasteiger partial charge is 0.329 e. The molecule has 0 spiro atoms. The Labute approximate surface area is 99.8 Å². The number of aryl methyl sites for hydroxylation is 1. The van der Waals surface area contributed by atoms with E-state index in [1.165, 1.54) is 12.3 Å². The van der Waals surface area contributed by atoms with E-state index >= 15 is 0 Å². The molecule has 17 heavy (non-hydrogen) atoms. The van der Waals surface area contributed by atoms with Gasteiger partial charge in [-0.25, -0.2) is 4.79 Å². The number of carbonyl (C=O) groups is 2. The molecule has 5 heteroatoms. The number of hydrogen-bond donors (Lipinski definition) is 2. The number of carboxylic acid groups (broad SMARTS) is 1. The third-order valence-electron chi connectivity index (χ3n) is 3.07. The standard InChI is InChI=1S/C12H17NO4/c1-4-12(5-2,11(15)16)13-10(14)9-6-7-17-8(9)3/h6-7H,4-5H2,1-3H3,(H,13,14)(H,15,16). The Morgan fingerprint density at radius 2 is 2.00 bits per heavy atom. The number of nitrogens with one attached hydrogen (secondary N) is 1. The molecule has 1 heterocycles. The average Bonchev–Trinajstić information content (AvgIpc) is 2.72. The molecule has 94 valence electrons. The van der Waals surface area contributed by atoms with Gasteiger partial charge < -0.3 is 14.8 Å². The van der Waals surface area contributed by atoms with Gasteiger partial charge in [0.1, 0.15) is 11.3 Å². The summed E-state index contributed by atoms with van der Waals surface area (Å²) in [6.07, 6.45) is 2.08. The minimum absolute atomic E-state index is 0.335. The minimum Gasteiger partial charge on any atom is -0.480 e. The molecule has 0 radical (unpaired) electrons. The van der Waals surface area contributed by atoms with E-state index in [1.54, 1.807) is 20.8 Å². The van der Waals surface area contributed by atoms with Gasteiger partial charge in [0, 0.05) is 0 Å². The lowest BCUT2D eigenvalue weighted by Gasteiger charge is -2.27. The molecule has 0 aliphatic heterocycles. The van der Waals surface area contributed by atoms with E-state index < -0.39 is 17.4 Å². The maximum atomic E-state index is 11.9. The maximum absolute atomic E-state index is 11.9. The summed E-state index contributed by atoms with van der Waals surface area (Å²) in [6, 6.07) is 1.53. The van der Waals surface area contributed by atoms with Crippen LogP contribution < -0.4 is 5.32 Å². The van der Waals surface area contributed by atoms with Gasteiger partial charge in [-0.3, -0.25) is 4.79 Å². The van der Waals surface area contributed by atoms with E-state index in [4.69, 9.17) is 4.42 Å². The van der Waals surface area contributed by atoms with E-state index in [-0.39, 0.29) is 0 Å². The van der Waals surface area contributed by atoms with Crippen LogP contribution in [-0.4, -0.2) is 22.5 Å². The molecule has 0 aliphatic rings. The third kappa shape index (κ3) is 2.49. The van der Waals surface area contributed by atoms with Gasteiger partial charge in [0.15, 0.2) is 0 Å². The third-order valence-corrected chi connectivity index (χ3v) is 3.07. The van der Waals surface area contributed by atoms with Crippen molar-refractivity contribution in [1.82, 2.24) is 5.32 Å². The highest BCUT2D eigenvalue weighted by Crippen LogP contribution is 2.18. The van der Waals surface area contributed by atoms with Crippen molar-refractivity contribution < 1.29 is 19.1 Å². The lowest BCUT2D eigenvalue weighted by atomic mass is 9.92. The van der Waals surface area contributed by atoms with Gasteiger partial charge in [-0.2, -0.15) is 0 Å². The SMILES string of the molecule is CCC(CC)(NC(=O)c1ccoc1C)C(=O)O. The van der Waals surface area contributed by atoms with Gasteiger partial charge in [0.2, 0.25) is 0 Å². The molecule has 0 fully saturated rings. The van der Waals surface area contributed by atoms with Crippen LogP contribution in [0.2, 0.25) is 0 Å². The molecule has 1 aromatic rings. The van der Waals surface area contributed by atoms with Crippen molar-refractivity contribution in [1.29, 1.82) is 0 Å². The first-order valence-electron chi connectivity index (χ1n) is 5.57. The Morgan fingerprint density at radius 1 is 1.41 bits per heavy atom. The van der Waals surface area contributed by atoms with Gasteiger partial charge in [-0.1, -0.05) is 13.8 Å². The zero-order valence-electron chi connectivity index (χ0n) is 10.2. The number of amides is 1. The van der Waals surface area contributed by atoms with Crippen LogP contribution in [-0.2, 0) is 4.79 Å². The van der Waals surface area contributed by atoms with Gasteiger partial charge in [0.25, 0.3) is 5.91 Å². The number of carbonyl (C=O) groups excluding carboxylic acids is 1. The Hall–Kier alpha value is -1.78. The molecule has 0 saturated carbocycles. The van der Waals surface area contributed by atoms with Crippen LogP contribution in [0.1, 0.15) is 42.8 Å². The second kappa shape index (κ2) is 5.03. The fourth-order valence-electron chi connectivity index (χ4n) is 1.69. The summed E-state index contributed by atoms with van der Waals surface area (Å²) < 4.78 is 5.02. The number of aliphatic carboxylic acids is 1. The average molecular weight is 239 g/mol. The number of furan rings is 1. The van der Waals surface area contributed by atoms with Crippen molar-refractivity contribution >= 4 is 11.9 Å². The van der Waals surface area contributed by atoms with E-state index in [9.17, 15) is 14.7 Å². The Bertz CT molecular complexity index is 418. The fourth-order valence-corrected chi connectivity index (χ4v) is 1.69. The molecule has 0 bridgehead atoms. The summed E-state index contributed by atoms with van der Waals surface area (Å²) in [7, 11) is 0. The summed E-state index contributed by atoms with van der Waals surface area (Å²) in [5, 5.41) is 11.8. The Morgan fingerprint density at radius 3 is 2.35 bits per heavy atom. The second-order valence-electron chi connectivity index (χ2n) is 3.94. The van der Waals surface area contributed by atoms with Gasteiger partial charge in [0.05, 0.1) is 11.8 Å². The van der Waals surface area contributed by atoms with Crippen LogP contribution in [0.15, 0.2) is 16.7 Å². The van der Waals surface area contributed by atoms with Gasteiger partial charge in [-0.15, -0.1) is 0 Å². The zero-order valence-corrected chi connectivity index (χ0v) is 10.2. The number of hydrogen-bond acceptors (Lipinski definition) is 3. The number of rotatable bonds is 5. The normalized spacial score (nSPS) is 11.2. The van der Waals surface area contributed by atoms with Gasteiger partial charge in [-0.05, 0) is 25.8 Å². The first-order valence-corrected chi connectivity index (χ1v) is 5.57. The van der Waals surface area contributed by atoms with Crippen molar-refractivity contribution in [3.05, 3.63) is 23.7 Å².